The van der Waals surface area contributed by atoms with Crippen LogP contribution in [-0.2, 0) is 16.4 Å². The molecule has 1 aliphatic heterocycles. The first kappa shape index (κ1) is 17.1. The van der Waals surface area contributed by atoms with Crippen LogP contribution in [0.1, 0.15) is 18.9 Å². The van der Waals surface area contributed by atoms with Gasteiger partial charge >= 0.3 is 6.36 Å². The minimum atomic E-state index is -4.70. The number of hydrogen-bond donors (Lipinski definition) is 0. The van der Waals surface area contributed by atoms with Gasteiger partial charge in [0.15, 0.2) is 9.84 Å². The summed E-state index contributed by atoms with van der Waals surface area (Å²) in [6.45, 7) is 3.12. The van der Waals surface area contributed by atoms with Gasteiger partial charge in [0.2, 0.25) is 0 Å². The standard InChI is InChI=1S/C14H18F3NO3S/c1-2-18(12-7-8-22(19,20)10-12)9-11-3-5-13(6-4-11)21-14(15,16)17/h3-6,12H,2,7-10H2,1H3/t12-/m1/s1. The molecule has 0 spiro atoms. The van der Waals surface area contributed by atoms with Crippen molar-refractivity contribution in [1.29, 1.82) is 0 Å². The van der Waals surface area contributed by atoms with Crippen molar-refractivity contribution in [2.75, 3.05) is 18.1 Å². The summed E-state index contributed by atoms with van der Waals surface area (Å²) in [5.41, 5.74) is 0.820. The average molecular weight is 337 g/mol. The Morgan fingerprint density at radius 1 is 1.27 bits per heavy atom. The summed E-state index contributed by atoms with van der Waals surface area (Å²) in [7, 11) is -2.96. The number of benzene rings is 1. The van der Waals surface area contributed by atoms with E-state index >= 15 is 0 Å². The summed E-state index contributed by atoms with van der Waals surface area (Å²) >= 11 is 0. The van der Waals surface area contributed by atoms with Crippen LogP contribution in [-0.4, -0.2) is 43.8 Å². The molecule has 0 bridgehead atoms. The van der Waals surface area contributed by atoms with E-state index in [0.717, 1.165) is 5.56 Å². The quantitative estimate of drug-likeness (QED) is 0.829. The molecule has 0 radical (unpaired) electrons. The van der Waals surface area contributed by atoms with E-state index in [-0.39, 0.29) is 23.3 Å². The second-order valence-electron chi connectivity index (χ2n) is 5.31. The second kappa shape index (κ2) is 6.45. The van der Waals surface area contributed by atoms with Gasteiger partial charge in [0.25, 0.3) is 0 Å². The van der Waals surface area contributed by atoms with Crippen LogP contribution in [0.15, 0.2) is 24.3 Å². The third kappa shape index (κ3) is 4.88. The van der Waals surface area contributed by atoms with Gasteiger partial charge in [-0.25, -0.2) is 8.42 Å². The van der Waals surface area contributed by atoms with E-state index in [0.29, 0.717) is 19.5 Å². The molecule has 1 aromatic carbocycles. The van der Waals surface area contributed by atoms with E-state index in [1.165, 1.54) is 12.1 Å². The highest BCUT2D eigenvalue weighted by atomic mass is 32.2. The molecule has 1 heterocycles. The summed E-state index contributed by atoms with van der Waals surface area (Å²) < 4.78 is 63.2. The molecule has 1 aromatic rings. The third-order valence-corrected chi connectivity index (χ3v) is 5.42. The van der Waals surface area contributed by atoms with Gasteiger partial charge in [-0.3, -0.25) is 4.90 Å². The molecule has 0 aliphatic carbocycles. The maximum absolute atomic E-state index is 12.1. The zero-order valence-corrected chi connectivity index (χ0v) is 13.0. The van der Waals surface area contributed by atoms with Crippen LogP contribution in [0.25, 0.3) is 0 Å². The van der Waals surface area contributed by atoms with Crippen molar-refractivity contribution in [3.63, 3.8) is 0 Å². The van der Waals surface area contributed by atoms with Crippen molar-refractivity contribution in [2.24, 2.45) is 0 Å². The minimum absolute atomic E-state index is 0.0268. The fourth-order valence-corrected chi connectivity index (χ4v) is 4.36. The smallest absolute Gasteiger partial charge is 0.406 e. The summed E-state index contributed by atoms with van der Waals surface area (Å²) in [5, 5.41) is 0. The van der Waals surface area contributed by atoms with Gasteiger partial charge in [0.1, 0.15) is 5.75 Å². The van der Waals surface area contributed by atoms with Crippen LogP contribution in [0.4, 0.5) is 13.2 Å². The zero-order valence-electron chi connectivity index (χ0n) is 12.1. The molecule has 1 aliphatic rings. The van der Waals surface area contributed by atoms with E-state index < -0.39 is 16.2 Å². The Bertz CT molecular complexity index is 599. The maximum atomic E-state index is 12.1. The van der Waals surface area contributed by atoms with E-state index in [1.54, 1.807) is 12.1 Å². The molecule has 1 atom stereocenters. The Morgan fingerprint density at radius 3 is 2.36 bits per heavy atom. The minimum Gasteiger partial charge on any atom is -0.406 e. The summed E-state index contributed by atoms with van der Waals surface area (Å²) in [4.78, 5) is 2.03. The number of rotatable bonds is 5. The van der Waals surface area contributed by atoms with Gasteiger partial charge in [-0.2, -0.15) is 0 Å². The summed E-state index contributed by atoms with van der Waals surface area (Å²) in [6.07, 6.45) is -4.10. The van der Waals surface area contributed by atoms with Crippen molar-refractivity contribution in [3.8, 4) is 5.75 Å². The largest absolute Gasteiger partial charge is 0.573 e. The van der Waals surface area contributed by atoms with Crippen LogP contribution in [0.3, 0.4) is 0 Å². The molecule has 4 nitrogen and oxygen atoms in total. The molecule has 0 aromatic heterocycles. The number of ether oxygens (including phenoxy) is 1. The lowest BCUT2D eigenvalue weighted by molar-refractivity contribution is -0.274. The maximum Gasteiger partial charge on any atom is 0.573 e. The Hall–Kier alpha value is -1.28. The van der Waals surface area contributed by atoms with Crippen molar-refractivity contribution in [1.82, 2.24) is 4.90 Å². The molecule has 1 saturated heterocycles. The van der Waals surface area contributed by atoms with Crippen molar-refractivity contribution < 1.29 is 26.3 Å². The number of hydrogen-bond acceptors (Lipinski definition) is 4. The second-order valence-corrected chi connectivity index (χ2v) is 7.54. The average Bonchev–Trinajstić information content (AvgIpc) is 2.76. The van der Waals surface area contributed by atoms with Crippen molar-refractivity contribution in [2.45, 2.75) is 32.3 Å². The van der Waals surface area contributed by atoms with E-state index in [1.807, 2.05) is 11.8 Å². The van der Waals surface area contributed by atoms with Crippen LogP contribution in [0.5, 0.6) is 5.75 Å². The Balaban J connectivity index is 2.00. The van der Waals surface area contributed by atoms with Crippen molar-refractivity contribution >= 4 is 9.84 Å². The molecular weight excluding hydrogens is 319 g/mol. The third-order valence-electron chi connectivity index (χ3n) is 3.67. The predicted octanol–water partition coefficient (Wildman–Crippen LogP) is 2.59. The number of halogens is 3. The van der Waals surface area contributed by atoms with Gasteiger partial charge < -0.3 is 4.74 Å². The van der Waals surface area contributed by atoms with Gasteiger partial charge in [0.05, 0.1) is 11.5 Å². The van der Waals surface area contributed by atoms with Gasteiger partial charge in [-0.1, -0.05) is 19.1 Å². The van der Waals surface area contributed by atoms with Crippen LogP contribution < -0.4 is 4.74 Å². The fourth-order valence-electron chi connectivity index (χ4n) is 2.59. The first-order chi connectivity index (χ1) is 10.2. The highest BCUT2D eigenvalue weighted by molar-refractivity contribution is 7.91. The highest BCUT2D eigenvalue weighted by Gasteiger charge is 2.32. The number of nitrogens with zero attached hydrogens (tertiary/aromatic N) is 1. The van der Waals surface area contributed by atoms with Gasteiger partial charge in [-0.15, -0.1) is 13.2 Å². The molecule has 8 heteroatoms. The molecule has 0 unspecified atom stereocenters. The molecule has 2 rings (SSSR count). The van der Waals surface area contributed by atoms with E-state index in [4.69, 9.17) is 0 Å². The van der Waals surface area contributed by atoms with Crippen LogP contribution in [0, 0.1) is 0 Å². The summed E-state index contributed by atoms with van der Waals surface area (Å²) in [6, 6.07) is 5.63. The van der Waals surface area contributed by atoms with Crippen LogP contribution in [0.2, 0.25) is 0 Å². The normalized spacial score (nSPS) is 21.2. The monoisotopic (exact) mass is 337 g/mol. The topological polar surface area (TPSA) is 46.6 Å². The molecule has 22 heavy (non-hydrogen) atoms. The first-order valence-electron chi connectivity index (χ1n) is 6.98. The highest BCUT2D eigenvalue weighted by Crippen LogP contribution is 2.24. The Morgan fingerprint density at radius 2 is 1.91 bits per heavy atom. The van der Waals surface area contributed by atoms with Gasteiger partial charge in [-0.05, 0) is 30.7 Å². The number of alkyl halides is 3. The molecule has 0 saturated carbocycles. The molecule has 0 N–H and O–H groups in total. The van der Waals surface area contributed by atoms with E-state index in [9.17, 15) is 21.6 Å². The molecular formula is C14H18F3NO3S. The fraction of sp³-hybridized carbons (Fsp3) is 0.571. The summed E-state index contributed by atoms with van der Waals surface area (Å²) in [5.74, 6) is 0.0885. The van der Waals surface area contributed by atoms with Gasteiger partial charge in [0, 0.05) is 12.6 Å². The lowest BCUT2D eigenvalue weighted by atomic mass is 10.1. The lowest BCUT2D eigenvalue weighted by Gasteiger charge is -2.26. The Kier molecular flexibility index (Phi) is 5.01. The van der Waals surface area contributed by atoms with E-state index in [2.05, 4.69) is 4.74 Å². The lowest BCUT2D eigenvalue weighted by Crippen LogP contribution is -2.35. The Labute approximate surface area is 127 Å². The first-order valence-corrected chi connectivity index (χ1v) is 8.80. The van der Waals surface area contributed by atoms with Crippen molar-refractivity contribution in [3.05, 3.63) is 29.8 Å². The number of sulfone groups is 1. The van der Waals surface area contributed by atoms with Crippen LogP contribution >= 0.6 is 0 Å². The molecule has 0 amide bonds. The zero-order chi connectivity index (χ0) is 16.4. The predicted molar refractivity (Wildman–Crippen MR) is 76.3 cm³/mol. The molecule has 1 fully saturated rings. The molecule has 124 valence electrons. The SMILES string of the molecule is CCN(Cc1ccc(OC(F)(F)F)cc1)[C@@H]1CCS(=O)(=O)C1.